The highest BCUT2D eigenvalue weighted by Gasteiger charge is 2.34. The fourth-order valence-corrected chi connectivity index (χ4v) is 4.98. The van der Waals surface area contributed by atoms with E-state index >= 15 is 0 Å². The third-order valence-corrected chi connectivity index (χ3v) is 6.56. The van der Waals surface area contributed by atoms with Crippen molar-refractivity contribution in [2.45, 2.75) is 37.5 Å². The van der Waals surface area contributed by atoms with Gasteiger partial charge in [0.1, 0.15) is 5.75 Å². The first-order valence-electron chi connectivity index (χ1n) is 8.38. The van der Waals surface area contributed by atoms with E-state index in [4.69, 9.17) is 4.74 Å². The molecule has 2 saturated heterocycles. The lowest BCUT2D eigenvalue weighted by Gasteiger charge is -2.30. The van der Waals surface area contributed by atoms with E-state index < -0.39 is 10.0 Å². The molecule has 1 unspecified atom stereocenters. The van der Waals surface area contributed by atoms with Gasteiger partial charge in [0.2, 0.25) is 21.8 Å². The van der Waals surface area contributed by atoms with Crippen molar-refractivity contribution in [3.63, 3.8) is 0 Å². The molecule has 2 heterocycles. The van der Waals surface area contributed by atoms with Crippen LogP contribution in [0.3, 0.4) is 0 Å². The van der Waals surface area contributed by atoms with Crippen molar-refractivity contribution in [2.24, 2.45) is 5.92 Å². The Kier molecular flexibility index (Phi) is 4.83. The van der Waals surface area contributed by atoms with Crippen LogP contribution in [0.2, 0.25) is 0 Å². The highest BCUT2D eigenvalue weighted by Crippen LogP contribution is 2.35. The van der Waals surface area contributed by atoms with E-state index in [1.54, 1.807) is 0 Å². The Balaban J connectivity index is 2.02. The van der Waals surface area contributed by atoms with Gasteiger partial charge in [-0.05, 0) is 37.0 Å². The van der Waals surface area contributed by atoms with E-state index in [9.17, 15) is 18.0 Å². The first kappa shape index (κ1) is 17.9. The predicted octanol–water partition coefficient (Wildman–Crippen LogP) is 1.77. The molecular weight excluding hydrogens is 344 g/mol. The number of nitrogens with zero attached hydrogens (tertiary/aromatic N) is 2. The Morgan fingerprint density at radius 2 is 1.84 bits per heavy atom. The Morgan fingerprint density at radius 1 is 1.16 bits per heavy atom. The number of anilines is 1. The molecule has 2 amide bonds. The topological polar surface area (TPSA) is 84.0 Å². The molecule has 0 aliphatic carbocycles. The number of carbonyl (C=O) groups excluding carboxylic acids is 2. The maximum absolute atomic E-state index is 13.0. The molecule has 0 N–H and O–H groups in total. The monoisotopic (exact) mass is 366 g/mol. The molecule has 0 aromatic heterocycles. The van der Waals surface area contributed by atoms with Gasteiger partial charge in [-0.3, -0.25) is 9.59 Å². The van der Waals surface area contributed by atoms with Crippen LogP contribution in [0.1, 0.15) is 32.6 Å². The number of carbonyl (C=O) groups is 2. The van der Waals surface area contributed by atoms with E-state index in [0.29, 0.717) is 24.8 Å². The minimum atomic E-state index is -3.68. The summed E-state index contributed by atoms with van der Waals surface area (Å²) in [4.78, 5) is 25.2. The van der Waals surface area contributed by atoms with Crippen molar-refractivity contribution < 1.29 is 22.7 Å². The Hall–Kier alpha value is -1.93. The summed E-state index contributed by atoms with van der Waals surface area (Å²) in [7, 11) is -2.26. The zero-order valence-corrected chi connectivity index (χ0v) is 15.2. The van der Waals surface area contributed by atoms with Crippen LogP contribution in [0.5, 0.6) is 5.75 Å². The first-order chi connectivity index (χ1) is 11.8. The fourth-order valence-electron chi connectivity index (χ4n) is 3.36. The van der Waals surface area contributed by atoms with Crippen LogP contribution in [0.15, 0.2) is 23.1 Å². The summed E-state index contributed by atoms with van der Waals surface area (Å²) in [5, 5.41) is 0. The molecule has 25 heavy (non-hydrogen) atoms. The average Bonchev–Trinajstić information content (AvgIpc) is 2.92. The Bertz CT molecular complexity index is 789. The molecule has 3 rings (SSSR count). The molecule has 7 nitrogen and oxygen atoms in total. The standard InChI is InChI=1S/C17H22N2O5S/c1-12-4-3-9-18(11-12)25(22,23)13-5-6-15(24-2)14(10-13)19-16(20)7-8-17(19)21/h5-6,10,12H,3-4,7-9,11H2,1-2H3. The molecule has 1 aromatic rings. The molecule has 1 aromatic carbocycles. The summed E-state index contributed by atoms with van der Waals surface area (Å²) in [5.41, 5.74) is 0.195. The highest BCUT2D eigenvalue weighted by atomic mass is 32.2. The van der Waals surface area contributed by atoms with E-state index in [1.807, 2.05) is 6.92 Å². The highest BCUT2D eigenvalue weighted by molar-refractivity contribution is 7.89. The van der Waals surface area contributed by atoms with Crippen LogP contribution in [0.4, 0.5) is 5.69 Å². The number of ether oxygens (including phenoxy) is 1. The third kappa shape index (κ3) is 3.28. The summed E-state index contributed by atoms with van der Waals surface area (Å²) in [5.74, 6) is -0.0774. The molecular formula is C17H22N2O5S. The molecule has 1 atom stereocenters. The quantitative estimate of drug-likeness (QED) is 0.758. The number of imide groups is 1. The van der Waals surface area contributed by atoms with E-state index in [1.165, 1.54) is 29.6 Å². The second kappa shape index (κ2) is 6.76. The maximum Gasteiger partial charge on any atom is 0.243 e. The lowest BCUT2D eigenvalue weighted by atomic mass is 10.0. The van der Waals surface area contributed by atoms with Crippen LogP contribution >= 0.6 is 0 Å². The van der Waals surface area contributed by atoms with Gasteiger partial charge in [0.05, 0.1) is 17.7 Å². The van der Waals surface area contributed by atoms with Gasteiger partial charge in [0, 0.05) is 25.9 Å². The summed E-state index contributed by atoms with van der Waals surface area (Å²) >= 11 is 0. The van der Waals surface area contributed by atoms with E-state index in [2.05, 4.69) is 0 Å². The van der Waals surface area contributed by atoms with Crippen molar-refractivity contribution in [3.8, 4) is 5.75 Å². The van der Waals surface area contributed by atoms with Gasteiger partial charge in [-0.15, -0.1) is 0 Å². The minimum absolute atomic E-state index is 0.0740. The molecule has 0 spiro atoms. The number of methoxy groups -OCH3 is 1. The number of rotatable bonds is 4. The molecule has 2 aliphatic heterocycles. The van der Waals surface area contributed by atoms with Gasteiger partial charge in [-0.2, -0.15) is 4.31 Å². The van der Waals surface area contributed by atoms with Gasteiger partial charge in [-0.1, -0.05) is 6.92 Å². The van der Waals surface area contributed by atoms with Gasteiger partial charge < -0.3 is 4.74 Å². The second-order valence-electron chi connectivity index (χ2n) is 6.57. The van der Waals surface area contributed by atoms with E-state index in [-0.39, 0.29) is 35.2 Å². The van der Waals surface area contributed by atoms with Crippen molar-refractivity contribution in [1.82, 2.24) is 4.31 Å². The Morgan fingerprint density at radius 3 is 2.44 bits per heavy atom. The smallest absolute Gasteiger partial charge is 0.243 e. The largest absolute Gasteiger partial charge is 0.495 e. The summed E-state index contributed by atoms with van der Waals surface area (Å²) < 4.78 is 32.6. The van der Waals surface area contributed by atoms with Crippen LogP contribution in [0.25, 0.3) is 0 Å². The first-order valence-corrected chi connectivity index (χ1v) is 9.82. The van der Waals surface area contributed by atoms with Crippen LogP contribution in [-0.2, 0) is 19.6 Å². The summed E-state index contributed by atoms with van der Waals surface area (Å²) in [6.45, 7) is 2.99. The maximum atomic E-state index is 13.0. The van der Waals surface area contributed by atoms with Crippen molar-refractivity contribution in [1.29, 1.82) is 0 Å². The van der Waals surface area contributed by atoms with Gasteiger partial charge >= 0.3 is 0 Å². The lowest BCUT2D eigenvalue weighted by molar-refractivity contribution is -0.121. The van der Waals surface area contributed by atoms with Crippen LogP contribution in [0, 0.1) is 5.92 Å². The third-order valence-electron chi connectivity index (χ3n) is 4.70. The van der Waals surface area contributed by atoms with Gasteiger partial charge in [0.25, 0.3) is 0 Å². The average molecular weight is 366 g/mol. The number of amides is 2. The molecule has 0 bridgehead atoms. The van der Waals surface area contributed by atoms with Crippen molar-refractivity contribution in [3.05, 3.63) is 18.2 Å². The summed E-state index contributed by atoms with van der Waals surface area (Å²) in [6.07, 6.45) is 2.09. The molecule has 0 saturated carbocycles. The SMILES string of the molecule is COc1ccc(S(=O)(=O)N2CCCC(C)C2)cc1N1C(=O)CCC1=O. The zero-order valence-electron chi connectivity index (χ0n) is 14.4. The normalized spacial score (nSPS) is 22.5. The fraction of sp³-hybridized carbons (Fsp3) is 0.529. The molecule has 136 valence electrons. The molecule has 0 radical (unpaired) electrons. The lowest BCUT2D eigenvalue weighted by Crippen LogP contribution is -2.39. The van der Waals surface area contributed by atoms with Crippen molar-refractivity contribution in [2.75, 3.05) is 25.1 Å². The van der Waals surface area contributed by atoms with Crippen LogP contribution in [-0.4, -0.2) is 44.7 Å². The molecule has 2 fully saturated rings. The number of piperidine rings is 1. The minimum Gasteiger partial charge on any atom is -0.495 e. The van der Waals surface area contributed by atoms with Crippen LogP contribution < -0.4 is 9.64 Å². The second-order valence-corrected chi connectivity index (χ2v) is 8.50. The van der Waals surface area contributed by atoms with Crippen molar-refractivity contribution >= 4 is 27.5 Å². The number of hydrogen-bond donors (Lipinski definition) is 0. The molecule has 8 heteroatoms. The molecule has 2 aliphatic rings. The van der Waals surface area contributed by atoms with Gasteiger partial charge in [-0.25, -0.2) is 13.3 Å². The summed E-state index contributed by atoms with van der Waals surface area (Å²) in [6, 6.07) is 4.32. The van der Waals surface area contributed by atoms with Gasteiger partial charge in [0.15, 0.2) is 0 Å². The number of sulfonamides is 1. The number of hydrogen-bond acceptors (Lipinski definition) is 5. The predicted molar refractivity (Wildman–Crippen MR) is 91.9 cm³/mol. The van der Waals surface area contributed by atoms with E-state index in [0.717, 1.165) is 17.7 Å². The zero-order chi connectivity index (χ0) is 18.2. The Labute approximate surface area is 147 Å². The number of benzene rings is 1.